The first-order chi connectivity index (χ1) is 8.35. The molecule has 0 unspecified atom stereocenters. The van der Waals surface area contributed by atoms with Gasteiger partial charge in [-0.05, 0) is 56.9 Å². The van der Waals surface area contributed by atoms with Crippen LogP contribution in [0, 0.1) is 0 Å². The molecule has 2 rings (SSSR count). The molecule has 3 N–H and O–H groups in total. The number of rotatable bonds is 1. The lowest BCUT2D eigenvalue weighted by atomic mass is 10.1. The second-order valence-corrected chi connectivity index (χ2v) is 5.69. The first-order valence-electron chi connectivity index (χ1n) is 6.23. The number of aryl methyl sites for hydroxylation is 1. The first-order valence-corrected chi connectivity index (χ1v) is 6.23. The largest absolute Gasteiger partial charge is 0.444 e. The summed E-state index contributed by atoms with van der Waals surface area (Å²) < 4.78 is 5.21. The summed E-state index contributed by atoms with van der Waals surface area (Å²) in [6, 6.07) is 5.94. The van der Waals surface area contributed by atoms with Crippen LogP contribution in [0.15, 0.2) is 18.2 Å². The van der Waals surface area contributed by atoms with E-state index in [0.717, 1.165) is 24.1 Å². The lowest BCUT2D eigenvalue weighted by molar-refractivity contribution is 0.0636. The zero-order valence-corrected chi connectivity index (χ0v) is 11.1. The minimum absolute atomic E-state index is 0.0837. The molecule has 0 heterocycles. The van der Waals surface area contributed by atoms with Crippen LogP contribution in [0.4, 0.5) is 10.5 Å². The molecule has 0 saturated carbocycles. The highest BCUT2D eigenvalue weighted by Crippen LogP contribution is 2.31. The molecule has 0 aromatic heterocycles. The van der Waals surface area contributed by atoms with Crippen molar-refractivity contribution < 1.29 is 9.53 Å². The van der Waals surface area contributed by atoms with E-state index in [1.54, 1.807) is 0 Å². The molecule has 0 aliphatic heterocycles. The van der Waals surface area contributed by atoms with Crippen molar-refractivity contribution >= 4 is 11.8 Å². The summed E-state index contributed by atoms with van der Waals surface area (Å²) in [6.07, 6.45) is 1.56. The molecule has 1 amide bonds. The molecule has 98 valence electrons. The summed E-state index contributed by atoms with van der Waals surface area (Å²) in [4.78, 5) is 11.6. The van der Waals surface area contributed by atoms with Crippen LogP contribution in [-0.4, -0.2) is 11.7 Å². The van der Waals surface area contributed by atoms with Gasteiger partial charge < -0.3 is 10.5 Å². The Hall–Kier alpha value is -1.55. The van der Waals surface area contributed by atoms with Gasteiger partial charge in [0.1, 0.15) is 5.60 Å². The number of ether oxygens (including phenoxy) is 1. The predicted octanol–water partition coefficient (Wildman–Crippen LogP) is 2.98. The Labute approximate surface area is 108 Å². The molecular formula is C14H20N2O2. The van der Waals surface area contributed by atoms with Gasteiger partial charge >= 0.3 is 6.09 Å². The number of carbonyl (C=O) groups is 1. The molecule has 18 heavy (non-hydrogen) atoms. The fourth-order valence-corrected chi connectivity index (χ4v) is 2.13. The fourth-order valence-electron chi connectivity index (χ4n) is 2.13. The highest BCUT2D eigenvalue weighted by atomic mass is 16.6. The van der Waals surface area contributed by atoms with Crippen molar-refractivity contribution in [1.29, 1.82) is 0 Å². The summed E-state index contributed by atoms with van der Waals surface area (Å²) >= 11 is 0. The van der Waals surface area contributed by atoms with E-state index in [1.807, 2.05) is 39.0 Å². The number of nitrogens with one attached hydrogen (secondary N) is 1. The van der Waals surface area contributed by atoms with Crippen LogP contribution in [0.25, 0.3) is 0 Å². The molecule has 0 spiro atoms. The van der Waals surface area contributed by atoms with Gasteiger partial charge in [-0.2, -0.15) is 0 Å². The topological polar surface area (TPSA) is 64.3 Å². The van der Waals surface area contributed by atoms with Crippen LogP contribution in [0.3, 0.4) is 0 Å². The Morgan fingerprint density at radius 1 is 1.44 bits per heavy atom. The van der Waals surface area contributed by atoms with E-state index in [1.165, 1.54) is 5.56 Å². The van der Waals surface area contributed by atoms with Crippen molar-refractivity contribution in [3.8, 4) is 0 Å². The molecular weight excluding hydrogens is 228 g/mol. The average molecular weight is 248 g/mol. The standard InChI is InChI=1S/C14H20N2O2/c1-14(2,3)18-13(17)16-10-6-4-9-5-7-12(15)11(9)8-10/h4,6,8,12H,5,7,15H2,1-3H3,(H,16,17)/t12-/m0/s1. The number of amides is 1. The van der Waals surface area contributed by atoms with Gasteiger partial charge in [-0.15, -0.1) is 0 Å². The van der Waals surface area contributed by atoms with Crippen LogP contribution in [0.5, 0.6) is 0 Å². The molecule has 4 heteroatoms. The van der Waals surface area contributed by atoms with Crippen LogP contribution in [-0.2, 0) is 11.2 Å². The summed E-state index contributed by atoms with van der Waals surface area (Å²) in [5.41, 5.74) is 8.65. The maximum atomic E-state index is 11.6. The molecule has 1 aliphatic carbocycles. The lowest BCUT2D eigenvalue weighted by Crippen LogP contribution is -2.27. The minimum atomic E-state index is -0.489. The van der Waals surface area contributed by atoms with E-state index in [4.69, 9.17) is 10.5 Å². The van der Waals surface area contributed by atoms with Gasteiger partial charge in [0.15, 0.2) is 0 Å². The zero-order valence-electron chi connectivity index (χ0n) is 11.1. The zero-order chi connectivity index (χ0) is 13.3. The number of nitrogens with two attached hydrogens (primary N) is 1. The van der Waals surface area contributed by atoms with Crippen LogP contribution in [0.2, 0.25) is 0 Å². The normalized spacial score (nSPS) is 18.3. The fraction of sp³-hybridized carbons (Fsp3) is 0.500. The van der Waals surface area contributed by atoms with Crippen LogP contribution in [0.1, 0.15) is 44.4 Å². The van der Waals surface area contributed by atoms with Crippen molar-refractivity contribution in [2.75, 3.05) is 5.32 Å². The quantitative estimate of drug-likeness (QED) is 0.803. The smallest absolute Gasteiger partial charge is 0.412 e. The van der Waals surface area contributed by atoms with E-state index < -0.39 is 11.7 Å². The molecule has 0 bridgehead atoms. The Balaban J connectivity index is 2.07. The van der Waals surface area contributed by atoms with Gasteiger partial charge in [-0.1, -0.05) is 6.07 Å². The van der Waals surface area contributed by atoms with Gasteiger partial charge in [0.2, 0.25) is 0 Å². The monoisotopic (exact) mass is 248 g/mol. The predicted molar refractivity (Wildman–Crippen MR) is 71.5 cm³/mol. The van der Waals surface area contributed by atoms with Crippen molar-refractivity contribution in [3.63, 3.8) is 0 Å². The number of fused-ring (bicyclic) bond motifs is 1. The van der Waals surface area contributed by atoms with Crippen LogP contribution >= 0.6 is 0 Å². The number of hydrogen-bond donors (Lipinski definition) is 2. The molecule has 1 aliphatic rings. The van der Waals surface area contributed by atoms with Crippen molar-refractivity contribution in [2.24, 2.45) is 5.73 Å². The van der Waals surface area contributed by atoms with Gasteiger partial charge in [0.05, 0.1) is 0 Å². The van der Waals surface area contributed by atoms with Gasteiger partial charge in [0, 0.05) is 11.7 Å². The summed E-state index contributed by atoms with van der Waals surface area (Å²) in [5, 5.41) is 2.73. The first kappa shape index (κ1) is 12.9. The summed E-state index contributed by atoms with van der Waals surface area (Å²) in [6.45, 7) is 5.52. The van der Waals surface area contributed by atoms with E-state index in [2.05, 4.69) is 5.32 Å². The van der Waals surface area contributed by atoms with Gasteiger partial charge in [-0.3, -0.25) is 5.32 Å². The molecule has 0 saturated heterocycles. The molecule has 1 aromatic carbocycles. The molecule has 1 aromatic rings. The van der Waals surface area contributed by atoms with Gasteiger partial charge in [0.25, 0.3) is 0 Å². The van der Waals surface area contributed by atoms with E-state index in [-0.39, 0.29) is 6.04 Å². The highest BCUT2D eigenvalue weighted by Gasteiger charge is 2.20. The summed E-state index contributed by atoms with van der Waals surface area (Å²) in [5.74, 6) is 0. The van der Waals surface area contributed by atoms with E-state index >= 15 is 0 Å². The second-order valence-electron chi connectivity index (χ2n) is 5.69. The Morgan fingerprint density at radius 3 is 2.83 bits per heavy atom. The number of hydrogen-bond acceptors (Lipinski definition) is 3. The second kappa shape index (κ2) is 4.61. The third-order valence-corrected chi connectivity index (χ3v) is 2.92. The Bertz CT molecular complexity index is 463. The molecule has 1 atom stereocenters. The van der Waals surface area contributed by atoms with E-state index in [0.29, 0.717) is 0 Å². The van der Waals surface area contributed by atoms with E-state index in [9.17, 15) is 4.79 Å². The third-order valence-electron chi connectivity index (χ3n) is 2.92. The number of carbonyl (C=O) groups excluding carboxylic acids is 1. The third kappa shape index (κ3) is 3.01. The van der Waals surface area contributed by atoms with Gasteiger partial charge in [-0.25, -0.2) is 4.79 Å². The molecule has 4 nitrogen and oxygen atoms in total. The Kier molecular flexibility index (Phi) is 3.30. The maximum absolute atomic E-state index is 11.6. The van der Waals surface area contributed by atoms with Crippen LogP contribution < -0.4 is 11.1 Å². The highest BCUT2D eigenvalue weighted by molar-refractivity contribution is 5.85. The van der Waals surface area contributed by atoms with Crippen molar-refractivity contribution in [3.05, 3.63) is 29.3 Å². The molecule has 0 radical (unpaired) electrons. The number of anilines is 1. The molecule has 0 fully saturated rings. The van der Waals surface area contributed by atoms with Crippen molar-refractivity contribution in [1.82, 2.24) is 0 Å². The minimum Gasteiger partial charge on any atom is -0.444 e. The summed E-state index contributed by atoms with van der Waals surface area (Å²) in [7, 11) is 0. The number of benzene rings is 1. The lowest BCUT2D eigenvalue weighted by Gasteiger charge is -2.20. The average Bonchev–Trinajstić information content (AvgIpc) is 2.57. The maximum Gasteiger partial charge on any atom is 0.412 e. The van der Waals surface area contributed by atoms with Crippen molar-refractivity contribution in [2.45, 2.75) is 45.3 Å². The Morgan fingerprint density at radius 2 is 2.17 bits per heavy atom. The SMILES string of the molecule is CC(C)(C)OC(=O)Nc1ccc2c(c1)[C@@H](N)CC2.